The highest BCUT2D eigenvalue weighted by molar-refractivity contribution is 7.66. The molecule has 0 saturated carbocycles. The van der Waals surface area contributed by atoms with Gasteiger partial charge in [-0.2, -0.15) is 8.62 Å². The Morgan fingerprint density at radius 2 is 1.76 bits per heavy atom. The van der Waals surface area contributed by atoms with Crippen molar-refractivity contribution in [3.63, 3.8) is 0 Å². The predicted octanol–water partition coefficient (Wildman–Crippen LogP) is 0.0141. The maximum atomic E-state index is 12.4. The van der Waals surface area contributed by atoms with Gasteiger partial charge in [-0.15, -0.1) is 0 Å². The first-order chi connectivity index (χ1) is 17.0. The third kappa shape index (κ3) is 8.46. The molecule has 1 aromatic rings. The van der Waals surface area contributed by atoms with Crippen molar-refractivity contribution < 1.29 is 65.4 Å². The number of aromatic amines is 1. The first kappa shape index (κ1) is 30.5. The van der Waals surface area contributed by atoms with Crippen LogP contribution in [0.4, 0.5) is 0 Å². The van der Waals surface area contributed by atoms with Gasteiger partial charge in [-0.3, -0.25) is 18.9 Å². The maximum Gasteiger partial charge on any atom is 0.490 e. The molecule has 0 bridgehead atoms. The lowest BCUT2D eigenvalue weighted by molar-refractivity contribution is -0.281. The molecule has 0 aromatic carbocycles. The lowest BCUT2D eigenvalue weighted by atomic mass is 10.1. The summed E-state index contributed by atoms with van der Waals surface area (Å²) < 4.78 is 70.6. The molecule has 2 aliphatic rings. The zero-order valence-electron chi connectivity index (χ0n) is 19.5. The second kappa shape index (κ2) is 11.6. The summed E-state index contributed by atoms with van der Waals surface area (Å²) in [6, 6.07) is 0. The van der Waals surface area contributed by atoms with Crippen molar-refractivity contribution in [1.29, 1.82) is 0 Å². The van der Waals surface area contributed by atoms with E-state index in [1.54, 1.807) is 0 Å². The number of aryl methyl sites for hydroxylation is 1. The van der Waals surface area contributed by atoms with Crippen molar-refractivity contribution in [3.05, 3.63) is 32.6 Å². The molecule has 37 heavy (non-hydrogen) atoms. The van der Waals surface area contributed by atoms with Gasteiger partial charge in [0.15, 0.2) is 5.79 Å². The van der Waals surface area contributed by atoms with Crippen LogP contribution in [0.3, 0.4) is 0 Å². The van der Waals surface area contributed by atoms with Crippen molar-refractivity contribution in [2.45, 2.75) is 50.4 Å². The second-order valence-electron chi connectivity index (χ2n) is 8.11. The van der Waals surface area contributed by atoms with E-state index in [4.69, 9.17) is 33.3 Å². The summed E-state index contributed by atoms with van der Waals surface area (Å²) in [6.07, 6.45) is -1.26. The zero-order chi connectivity index (χ0) is 27.6. The Morgan fingerprint density at radius 1 is 1.11 bits per heavy atom. The van der Waals surface area contributed by atoms with E-state index >= 15 is 0 Å². The molecule has 0 spiro atoms. The molecule has 2 aliphatic heterocycles. The largest absolute Gasteiger partial charge is 0.490 e. The molecule has 0 radical (unpaired) electrons. The fourth-order valence-electron chi connectivity index (χ4n) is 3.74. The van der Waals surface area contributed by atoms with Gasteiger partial charge in [0.25, 0.3) is 5.56 Å². The minimum Gasteiger partial charge on any atom is -0.381 e. The summed E-state index contributed by atoms with van der Waals surface area (Å²) >= 11 is 0. The van der Waals surface area contributed by atoms with E-state index < -0.39 is 65.5 Å². The fraction of sp³-hybridized carbons (Fsp3) is 0.750. The zero-order valence-corrected chi connectivity index (χ0v) is 22.2. The van der Waals surface area contributed by atoms with E-state index in [-0.39, 0.29) is 12.0 Å². The molecule has 5 atom stereocenters. The Hall–Kier alpha value is -1.07. The smallest absolute Gasteiger partial charge is 0.381 e. The van der Waals surface area contributed by atoms with E-state index in [1.807, 2.05) is 0 Å². The van der Waals surface area contributed by atoms with E-state index in [9.17, 15) is 33.1 Å². The summed E-state index contributed by atoms with van der Waals surface area (Å²) in [5.74, 6) is -1.12. The predicted molar refractivity (Wildman–Crippen MR) is 119 cm³/mol. The van der Waals surface area contributed by atoms with Crippen LogP contribution in [0.2, 0.25) is 0 Å². The summed E-state index contributed by atoms with van der Waals surface area (Å²) in [5, 5.41) is 0. The van der Waals surface area contributed by atoms with Crippen molar-refractivity contribution in [3.8, 4) is 0 Å². The number of hydrogen-bond donors (Lipinski definition) is 5. The van der Waals surface area contributed by atoms with Crippen LogP contribution < -0.4 is 11.2 Å². The molecule has 2 saturated heterocycles. The summed E-state index contributed by atoms with van der Waals surface area (Å²) in [7, 11) is -15.3. The minimum absolute atomic E-state index is 0.0121. The number of hydrogen-bond acceptors (Lipinski definition) is 12. The molecule has 18 nitrogen and oxygen atoms in total. The number of aromatic nitrogens is 2. The number of nitrogens with one attached hydrogen (secondary N) is 1. The van der Waals surface area contributed by atoms with Crippen molar-refractivity contribution in [2.24, 2.45) is 0 Å². The van der Waals surface area contributed by atoms with Crippen molar-refractivity contribution in [2.75, 3.05) is 26.9 Å². The van der Waals surface area contributed by atoms with Gasteiger partial charge in [0.05, 0.1) is 25.9 Å². The molecule has 0 aliphatic carbocycles. The van der Waals surface area contributed by atoms with Gasteiger partial charge >= 0.3 is 29.2 Å². The average Bonchev–Trinajstić information content (AvgIpc) is 3.15. The Balaban J connectivity index is 1.80. The van der Waals surface area contributed by atoms with Crippen LogP contribution in [-0.4, -0.2) is 74.1 Å². The van der Waals surface area contributed by atoms with E-state index in [0.29, 0.717) is 26.1 Å². The van der Waals surface area contributed by atoms with Crippen LogP contribution in [0, 0.1) is 6.92 Å². The molecule has 212 valence electrons. The molecule has 21 heteroatoms. The maximum absolute atomic E-state index is 12.4. The van der Waals surface area contributed by atoms with Gasteiger partial charge in [0, 0.05) is 38.1 Å². The Morgan fingerprint density at radius 3 is 2.35 bits per heavy atom. The molecule has 3 heterocycles. The van der Waals surface area contributed by atoms with Crippen LogP contribution in [0.25, 0.3) is 0 Å². The van der Waals surface area contributed by atoms with Gasteiger partial charge in [-0.05, 0) is 6.92 Å². The number of rotatable bonds is 11. The first-order valence-corrected chi connectivity index (χ1v) is 15.1. The van der Waals surface area contributed by atoms with Crippen LogP contribution in [-0.2, 0) is 45.8 Å². The number of phosphoric acid groups is 3. The Labute approximate surface area is 208 Å². The quantitative estimate of drug-likeness (QED) is 0.167. The van der Waals surface area contributed by atoms with Crippen molar-refractivity contribution in [1.82, 2.24) is 9.55 Å². The van der Waals surface area contributed by atoms with Gasteiger partial charge < -0.3 is 38.5 Å². The second-order valence-corrected chi connectivity index (χ2v) is 12.5. The summed E-state index contributed by atoms with van der Waals surface area (Å²) in [5.41, 5.74) is -1.19. The molecule has 3 rings (SSSR count). The van der Waals surface area contributed by atoms with Crippen LogP contribution in [0.15, 0.2) is 15.8 Å². The SMILES string of the molecule is COC1(O[C@H]2C[C@H](n3cc(C)c(=O)[nH]c3=O)O[C@@H]2COP(=O)(O)OP(=O)(O)OP(=O)(O)O)CCOCC1. The summed E-state index contributed by atoms with van der Waals surface area (Å²) in [4.78, 5) is 62.7. The molecule has 0 amide bonds. The average molecular weight is 596 g/mol. The van der Waals surface area contributed by atoms with Crippen molar-refractivity contribution >= 4 is 23.5 Å². The van der Waals surface area contributed by atoms with Crippen LogP contribution in [0.5, 0.6) is 0 Å². The van der Waals surface area contributed by atoms with E-state index in [0.717, 1.165) is 4.57 Å². The molecular weight excluding hydrogens is 569 g/mol. The van der Waals surface area contributed by atoms with Gasteiger partial charge in [-0.1, -0.05) is 0 Å². The normalized spacial score (nSPS) is 27.5. The third-order valence-corrected chi connectivity index (χ3v) is 9.25. The monoisotopic (exact) mass is 596 g/mol. The highest BCUT2D eigenvalue weighted by atomic mass is 31.3. The van der Waals surface area contributed by atoms with E-state index in [2.05, 4.69) is 13.6 Å². The third-order valence-electron chi connectivity index (χ3n) is 5.45. The number of methoxy groups -OCH3 is 1. The standard InChI is InChI=1S/C16H27N2O16P3/c1-10-8-18(15(20)17-14(10)19)13-7-11(32-16(28-2)3-5-29-6-4-16)12(31-13)9-30-36(24,25)34-37(26,27)33-35(21,22)23/h8,11-13H,3-7,9H2,1-2H3,(H,24,25)(H,26,27)(H,17,19,20)(H2,21,22,23)/t11-,12+,13+/m0/s1. The first-order valence-electron chi connectivity index (χ1n) is 10.6. The minimum atomic E-state index is -5.72. The lowest BCUT2D eigenvalue weighted by Gasteiger charge is -2.38. The van der Waals surface area contributed by atoms with Gasteiger partial charge in [0.1, 0.15) is 12.3 Å². The molecule has 5 N–H and O–H groups in total. The molecule has 2 fully saturated rings. The number of H-pyrrole nitrogens is 1. The van der Waals surface area contributed by atoms with Gasteiger partial charge in [0.2, 0.25) is 0 Å². The number of ether oxygens (including phenoxy) is 4. The Kier molecular flexibility index (Phi) is 9.54. The molecule has 2 unspecified atom stereocenters. The lowest BCUT2D eigenvalue weighted by Crippen LogP contribution is -2.46. The van der Waals surface area contributed by atoms with Crippen LogP contribution in [0.1, 0.15) is 31.1 Å². The molecule has 1 aromatic heterocycles. The van der Waals surface area contributed by atoms with Crippen LogP contribution >= 0.6 is 23.5 Å². The molecular formula is C16H27N2O16P3. The number of nitrogens with zero attached hydrogens (tertiary/aromatic N) is 1. The topological polar surface area (TPSA) is 252 Å². The Bertz CT molecular complexity index is 1220. The van der Waals surface area contributed by atoms with E-state index in [1.165, 1.54) is 20.2 Å². The van der Waals surface area contributed by atoms with Gasteiger partial charge in [-0.25, -0.2) is 18.5 Å². The highest BCUT2D eigenvalue weighted by Crippen LogP contribution is 2.66. The highest BCUT2D eigenvalue weighted by Gasteiger charge is 2.46. The number of phosphoric ester groups is 1. The fourth-order valence-corrected chi connectivity index (χ4v) is 6.77. The summed E-state index contributed by atoms with van der Waals surface area (Å²) in [6.45, 7) is 1.29.